The Balaban J connectivity index is 1.88. The SMILES string of the molecule is Cc1ccc(S(=O)(=O)N2CCC=C(c3ccc(Cl)c(Cl)c3)N2)cc1. The van der Waals surface area contributed by atoms with Gasteiger partial charge in [-0.25, -0.2) is 8.42 Å². The van der Waals surface area contributed by atoms with Crippen LogP contribution in [0.2, 0.25) is 10.0 Å². The molecule has 7 heteroatoms. The van der Waals surface area contributed by atoms with Crippen LogP contribution in [0.4, 0.5) is 0 Å². The van der Waals surface area contributed by atoms with Crippen molar-refractivity contribution < 1.29 is 8.42 Å². The summed E-state index contributed by atoms with van der Waals surface area (Å²) in [5.41, 5.74) is 5.46. The Morgan fingerprint density at radius 3 is 2.42 bits per heavy atom. The van der Waals surface area contributed by atoms with E-state index in [0.717, 1.165) is 11.1 Å². The molecule has 4 nitrogen and oxygen atoms in total. The van der Waals surface area contributed by atoms with E-state index in [9.17, 15) is 8.42 Å². The molecule has 0 aromatic heterocycles. The first-order chi connectivity index (χ1) is 11.4. The maximum Gasteiger partial charge on any atom is 0.259 e. The quantitative estimate of drug-likeness (QED) is 0.863. The molecule has 1 aliphatic rings. The standard InChI is InChI=1S/C17H16Cl2N2O2S/c1-12-4-7-14(8-5-12)24(22,23)21-10-2-3-17(20-21)13-6-9-15(18)16(19)11-13/h3-9,11,20H,2,10H2,1H3. The second-order valence-electron chi connectivity index (χ2n) is 5.54. The topological polar surface area (TPSA) is 49.4 Å². The number of benzene rings is 2. The summed E-state index contributed by atoms with van der Waals surface area (Å²) in [5.74, 6) is 0. The van der Waals surface area contributed by atoms with Gasteiger partial charge < -0.3 is 5.43 Å². The van der Waals surface area contributed by atoms with Crippen LogP contribution in [0, 0.1) is 6.92 Å². The smallest absolute Gasteiger partial charge is 0.259 e. The predicted octanol–water partition coefficient (Wildman–Crippen LogP) is 4.24. The lowest BCUT2D eigenvalue weighted by molar-refractivity contribution is 0.363. The van der Waals surface area contributed by atoms with Crippen molar-refractivity contribution in [3.63, 3.8) is 0 Å². The van der Waals surface area contributed by atoms with Crippen molar-refractivity contribution in [1.29, 1.82) is 0 Å². The van der Waals surface area contributed by atoms with Gasteiger partial charge in [0.25, 0.3) is 10.0 Å². The Bertz CT molecular complexity index is 893. The Morgan fingerprint density at radius 1 is 1.04 bits per heavy atom. The van der Waals surface area contributed by atoms with E-state index in [2.05, 4.69) is 5.43 Å². The average Bonchev–Trinajstić information content (AvgIpc) is 2.58. The second-order valence-corrected chi connectivity index (χ2v) is 8.21. The van der Waals surface area contributed by atoms with E-state index in [1.807, 2.05) is 13.0 Å². The summed E-state index contributed by atoms with van der Waals surface area (Å²) in [6, 6.07) is 12.0. The van der Waals surface area contributed by atoms with E-state index < -0.39 is 10.0 Å². The molecule has 1 N–H and O–H groups in total. The molecule has 0 amide bonds. The van der Waals surface area contributed by atoms with Crippen LogP contribution in [-0.2, 0) is 10.0 Å². The molecule has 0 fully saturated rings. The fourth-order valence-electron chi connectivity index (χ4n) is 2.43. The molecule has 0 spiro atoms. The minimum atomic E-state index is -3.62. The molecule has 0 saturated carbocycles. The predicted molar refractivity (Wildman–Crippen MR) is 97.3 cm³/mol. The second kappa shape index (κ2) is 6.76. The normalized spacial score (nSPS) is 15.7. The van der Waals surface area contributed by atoms with Gasteiger partial charge in [-0.3, -0.25) is 0 Å². The van der Waals surface area contributed by atoms with E-state index in [-0.39, 0.29) is 4.90 Å². The highest BCUT2D eigenvalue weighted by Gasteiger charge is 2.27. The van der Waals surface area contributed by atoms with Crippen LogP contribution in [-0.4, -0.2) is 19.4 Å². The first kappa shape index (κ1) is 17.3. The molecule has 2 aromatic rings. The molecule has 0 saturated heterocycles. The molecule has 0 atom stereocenters. The van der Waals surface area contributed by atoms with Gasteiger partial charge in [0.05, 0.1) is 20.6 Å². The van der Waals surface area contributed by atoms with Crippen molar-refractivity contribution in [2.45, 2.75) is 18.2 Å². The summed E-state index contributed by atoms with van der Waals surface area (Å²) in [6.45, 7) is 2.28. The lowest BCUT2D eigenvalue weighted by Gasteiger charge is -2.28. The van der Waals surface area contributed by atoms with Gasteiger partial charge in [-0.05, 0) is 37.6 Å². The first-order valence-corrected chi connectivity index (χ1v) is 9.59. The van der Waals surface area contributed by atoms with Gasteiger partial charge in [0, 0.05) is 12.1 Å². The summed E-state index contributed by atoms with van der Waals surface area (Å²) < 4.78 is 26.8. The Hall–Kier alpha value is -1.53. The highest BCUT2D eigenvalue weighted by molar-refractivity contribution is 7.89. The van der Waals surface area contributed by atoms with Gasteiger partial charge in [0.2, 0.25) is 0 Å². The van der Waals surface area contributed by atoms with Gasteiger partial charge in [-0.1, -0.05) is 53.0 Å². The minimum Gasteiger partial charge on any atom is -0.305 e. The van der Waals surface area contributed by atoms with E-state index in [1.54, 1.807) is 42.5 Å². The van der Waals surface area contributed by atoms with Gasteiger partial charge in [-0.15, -0.1) is 4.41 Å². The zero-order valence-electron chi connectivity index (χ0n) is 13.0. The van der Waals surface area contributed by atoms with Crippen molar-refractivity contribution in [3.8, 4) is 0 Å². The van der Waals surface area contributed by atoms with Crippen LogP contribution < -0.4 is 5.43 Å². The van der Waals surface area contributed by atoms with Crippen molar-refractivity contribution in [3.05, 3.63) is 69.7 Å². The minimum absolute atomic E-state index is 0.260. The van der Waals surface area contributed by atoms with Gasteiger partial charge in [-0.2, -0.15) is 0 Å². The van der Waals surface area contributed by atoms with Gasteiger partial charge in [0.1, 0.15) is 0 Å². The number of hydrogen-bond donors (Lipinski definition) is 1. The molecule has 0 unspecified atom stereocenters. The number of nitrogens with zero attached hydrogens (tertiary/aromatic N) is 1. The number of rotatable bonds is 3. The average molecular weight is 383 g/mol. The summed E-state index contributed by atoms with van der Waals surface area (Å²) in [4.78, 5) is 0.260. The molecular weight excluding hydrogens is 367 g/mol. The molecule has 2 aromatic carbocycles. The zero-order valence-corrected chi connectivity index (χ0v) is 15.3. The van der Waals surface area contributed by atoms with E-state index in [0.29, 0.717) is 28.7 Å². The van der Waals surface area contributed by atoms with Crippen molar-refractivity contribution in [2.24, 2.45) is 0 Å². The lowest BCUT2D eigenvalue weighted by atomic mass is 10.1. The summed E-state index contributed by atoms with van der Waals surface area (Å²) >= 11 is 12.0. The Labute approximate surface area is 151 Å². The third-order valence-electron chi connectivity index (χ3n) is 3.77. The molecule has 0 bridgehead atoms. The molecule has 0 aliphatic carbocycles. The maximum atomic E-state index is 12.8. The summed E-state index contributed by atoms with van der Waals surface area (Å²) in [6.07, 6.45) is 2.55. The van der Waals surface area contributed by atoms with Crippen molar-refractivity contribution in [2.75, 3.05) is 6.54 Å². The fourth-order valence-corrected chi connectivity index (χ4v) is 4.02. The van der Waals surface area contributed by atoms with Crippen LogP contribution in [0.1, 0.15) is 17.5 Å². The van der Waals surface area contributed by atoms with Crippen molar-refractivity contribution >= 4 is 38.9 Å². The number of nitrogens with one attached hydrogen (secondary N) is 1. The summed E-state index contributed by atoms with van der Waals surface area (Å²) in [5, 5.41) is 0.886. The summed E-state index contributed by atoms with van der Waals surface area (Å²) in [7, 11) is -3.62. The highest BCUT2D eigenvalue weighted by atomic mass is 35.5. The number of sulfonamides is 1. The largest absolute Gasteiger partial charge is 0.305 e. The molecular formula is C17H16Cl2N2O2S. The van der Waals surface area contributed by atoms with Crippen LogP contribution in [0.5, 0.6) is 0 Å². The maximum absolute atomic E-state index is 12.8. The zero-order chi connectivity index (χ0) is 17.3. The van der Waals surface area contributed by atoms with E-state index in [4.69, 9.17) is 23.2 Å². The van der Waals surface area contributed by atoms with E-state index >= 15 is 0 Å². The monoisotopic (exact) mass is 382 g/mol. The molecule has 1 heterocycles. The molecule has 24 heavy (non-hydrogen) atoms. The fraction of sp³-hybridized carbons (Fsp3) is 0.176. The van der Waals surface area contributed by atoms with Crippen LogP contribution >= 0.6 is 23.2 Å². The van der Waals surface area contributed by atoms with Crippen molar-refractivity contribution in [1.82, 2.24) is 9.84 Å². The number of halogens is 2. The van der Waals surface area contributed by atoms with Gasteiger partial charge >= 0.3 is 0 Å². The molecule has 1 aliphatic heterocycles. The number of aryl methyl sites for hydroxylation is 1. The van der Waals surface area contributed by atoms with E-state index in [1.165, 1.54) is 4.41 Å². The Kier molecular flexibility index (Phi) is 4.88. The van der Waals surface area contributed by atoms with Crippen LogP contribution in [0.25, 0.3) is 5.70 Å². The molecule has 0 radical (unpaired) electrons. The Morgan fingerprint density at radius 2 is 1.75 bits per heavy atom. The van der Waals surface area contributed by atoms with Gasteiger partial charge in [0.15, 0.2) is 0 Å². The third kappa shape index (κ3) is 3.44. The third-order valence-corrected chi connectivity index (χ3v) is 6.23. The lowest BCUT2D eigenvalue weighted by Crippen LogP contribution is -2.44. The number of hydrazine groups is 1. The number of hydrogen-bond acceptors (Lipinski definition) is 3. The molecule has 126 valence electrons. The van der Waals surface area contributed by atoms with Crippen LogP contribution in [0.15, 0.2) is 53.4 Å². The first-order valence-electron chi connectivity index (χ1n) is 7.39. The highest BCUT2D eigenvalue weighted by Crippen LogP contribution is 2.27. The molecule has 3 rings (SSSR count). The van der Waals surface area contributed by atoms with Crippen LogP contribution in [0.3, 0.4) is 0 Å².